The Morgan fingerprint density at radius 2 is 1.92 bits per heavy atom. The summed E-state index contributed by atoms with van der Waals surface area (Å²) in [6.45, 7) is 0. The number of benzene rings is 1. The zero-order chi connectivity index (χ0) is 17.5. The number of carbonyl (C=O) groups is 2. The van der Waals surface area contributed by atoms with Crippen molar-refractivity contribution >= 4 is 29.5 Å². The maximum atomic E-state index is 11.8. The number of ether oxygens (including phenoxy) is 1. The first-order valence-corrected chi connectivity index (χ1v) is 6.77. The van der Waals surface area contributed by atoms with Gasteiger partial charge < -0.3 is 10.1 Å². The number of nitrogens with one attached hydrogen (secondary N) is 1. The Labute approximate surface area is 136 Å². The number of anilines is 1. The van der Waals surface area contributed by atoms with E-state index >= 15 is 0 Å². The van der Waals surface area contributed by atoms with Gasteiger partial charge in [-0.05, 0) is 35.9 Å². The number of nitro benzene ring substituents is 1. The number of hydrogen-bond acceptors (Lipinski definition) is 6. The van der Waals surface area contributed by atoms with Crippen LogP contribution in [0, 0.1) is 10.1 Å². The first kappa shape index (κ1) is 16.8. The Morgan fingerprint density at radius 1 is 1.21 bits per heavy atom. The fraction of sp³-hybridized carbons (Fsp3) is 0.0625. The number of aromatic nitrogens is 1. The van der Waals surface area contributed by atoms with Gasteiger partial charge in [-0.25, -0.2) is 9.78 Å². The van der Waals surface area contributed by atoms with Crippen molar-refractivity contribution < 1.29 is 19.2 Å². The molecule has 2 rings (SSSR count). The third kappa shape index (κ3) is 4.47. The van der Waals surface area contributed by atoms with Crippen LogP contribution in [0.25, 0.3) is 6.08 Å². The molecule has 0 saturated carbocycles. The van der Waals surface area contributed by atoms with E-state index in [1.807, 2.05) is 0 Å². The normalized spacial score (nSPS) is 10.4. The summed E-state index contributed by atoms with van der Waals surface area (Å²) in [5.41, 5.74) is 0.896. The SMILES string of the molecule is COC(=O)c1ccc(NC(=O)/C=C/c2ccc([N+](=O)[O-])cc2)nc1. The van der Waals surface area contributed by atoms with Crippen molar-refractivity contribution in [3.05, 3.63) is 69.9 Å². The largest absolute Gasteiger partial charge is 0.465 e. The standard InChI is InChI=1S/C16H13N3O5/c1-24-16(21)12-5-8-14(17-10-12)18-15(20)9-4-11-2-6-13(7-3-11)19(22)23/h2-10H,1H3,(H,17,18,20)/b9-4+. The summed E-state index contributed by atoms with van der Waals surface area (Å²) in [6.07, 6.45) is 4.08. The molecular weight excluding hydrogens is 314 g/mol. The van der Waals surface area contributed by atoms with Gasteiger partial charge >= 0.3 is 5.97 Å². The van der Waals surface area contributed by atoms with Crippen LogP contribution in [-0.4, -0.2) is 28.9 Å². The van der Waals surface area contributed by atoms with E-state index in [9.17, 15) is 19.7 Å². The van der Waals surface area contributed by atoms with E-state index in [-0.39, 0.29) is 17.1 Å². The molecule has 0 radical (unpaired) electrons. The van der Waals surface area contributed by atoms with Crippen LogP contribution in [0.15, 0.2) is 48.7 Å². The van der Waals surface area contributed by atoms with Crippen molar-refractivity contribution in [1.29, 1.82) is 0 Å². The maximum absolute atomic E-state index is 11.8. The third-order valence-corrected chi connectivity index (χ3v) is 2.97. The number of nitro groups is 1. The number of hydrogen-bond donors (Lipinski definition) is 1. The van der Waals surface area contributed by atoms with Crippen LogP contribution < -0.4 is 5.32 Å². The van der Waals surface area contributed by atoms with Crippen LogP contribution in [0.4, 0.5) is 11.5 Å². The summed E-state index contributed by atoms with van der Waals surface area (Å²) in [7, 11) is 1.26. The highest BCUT2D eigenvalue weighted by Gasteiger charge is 2.06. The number of esters is 1. The Bertz CT molecular complexity index is 782. The molecule has 8 nitrogen and oxygen atoms in total. The minimum absolute atomic E-state index is 0.0218. The molecule has 0 atom stereocenters. The van der Waals surface area contributed by atoms with Crippen LogP contribution in [-0.2, 0) is 9.53 Å². The van der Waals surface area contributed by atoms with Crippen LogP contribution in [0.2, 0.25) is 0 Å². The van der Waals surface area contributed by atoms with E-state index < -0.39 is 16.8 Å². The summed E-state index contributed by atoms with van der Waals surface area (Å²) in [4.78, 5) is 37.1. The van der Waals surface area contributed by atoms with Gasteiger partial charge in [-0.2, -0.15) is 0 Å². The molecule has 1 aromatic heterocycles. The van der Waals surface area contributed by atoms with Crippen LogP contribution in [0.3, 0.4) is 0 Å². The molecule has 0 spiro atoms. The average molecular weight is 327 g/mol. The second kappa shape index (κ2) is 7.63. The molecule has 1 heterocycles. The van der Waals surface area contributed by atoms with Gasteiger partial charge in [-0.15, -0.1) is 0 Å². The third-order valence-electron chi connectivity index (χ3n) is 2.97. The van der Waals surface area contributed by atoms with Crippen molar-refractivity contribution in [3.63, 3.8) is 0 Å². The number of carbonyl (C=O) groups excluding carboxylic acids is 2. The van der Waals surface area contributed by atoms with E-state index in [4.69, 9.17) is 0 Å². The zero-order valence-electron chi connectivity index (χ0n) is 12.6. The molecule has 122 valence electrons. The molecule has 0 bridgehead atoms. The lowest BCUT2D eigenvalue weighted by Crippen LogP contribution is -2.10. The van der Waals surface area contributed by atoms with Gasteiger partial charge in [0.1, 0.15) is 5.82 Å². The fourth-order valence-electron chi connectivity index (χ4n) is 1.75. The highest BCUT2D eigenvalue weighted by atomic mass is 16.6. The highest BCUT2D eigenvalue weighted by molar-refractivity contribution is 6.01. The Morgan fingerprint density at radius 3 is 2.46 bits per heavy atom. The van der Waals surface area contributed by atoms with E-state index in [0.29, 0.717) is 5.56 Å². The van der Waals surface area contributed by atoms with Gasteiger partial charge in [0, 0.05) is 24.4 Å². The maximum Gasteiger partial charge on any atom is 0.339 e. The molecule has 0 aliphatic rings. The molecule has 0 aliphatic heterocycles. The van der Waals surface area contributed by atoms with Gasteiger partial charge in [0.05, 0.1) is 17.6 Å². The molecule has 1 aromatic carbocycles. The van der Waals surface area contributed by atoms with Crippen molar-refractivity contribution in [1.82, 2.24) is 4.98 Å². The molecule has 0 fully saturated rings. The first-order chi connectivity index (χ1) is 11.5. The molecule has 8 heteroatoms. The van der Waals surface area contributed by atoms with Gasteiger partial charge in [-0.3, -0.25) is 14.9 Å². The van der Waals surface area contributed by atoms with E-state index in [1.54, 1.807) is 0 Å². The van der Waals surface area contributed by atoms with Crippen molar-refractivity contribution in [2.75, 3.05) is 12.4 Å². The van der Waals surface area contributed by atoms with Crippen molar-refractivity contribution in [2.24, 2.45) is 0 Å². The molecule has 1 N–H and O–H groups in total. The molecule has 0 unspecified atom stereocenters. The lowest BCUT2D eigenvalue weighted by molar-refractivity contribution is -0.384. The van der Waals surface area contributed by atoms with E-state index in [2.05, 4.69) is 15.0 Å². The first-order valence-electron chi connectivity index (χ1n) is 6.77. The summed E-state index contributed by atoms with van der Waals surface area (Å²) in [5.74, 6) is -0.661. The van der Waals surface area contributed by atoms with Crippen molar-refractivity contribution in [3.8, 4) is 0 Å². The number of non-ortho nitro benzene ring substituents is 1. The lowest BCUT2D eigenvalue weighted by Gasteiger charge is -2.02. The minimum atomic E-state index is -0.515. The predicted octanol–water partition coefficient (Wildman–Crippen LogP) is 2.43. The molecule has 0 aliphatic carbocycles. The topological polar surface area (TPSA) is 111 Å². The van der Waals surface area contributed by atoms with Crippen LogP contribution in [0.5, 0.6) is 0 Å². The average Bonchev–Trinajstić information content (AvgIpc) is 2.60. The lowest BCUT2D eigenvalue weighted by atomic mass is 10.2. The Balaban J connectivity index is 1.97. The summed E-state index contributed by atoms with van der Waals surface area (Å²) < 4.78 is 4.55. The molecule has 0 saturated heterocycles. The minimum Gasteiger partial charge on any atom is -0.465 e. The van der Waals surface area contributed by atoms with Crippen molar-refractivity contribution in [2.45, 2.75) is 0 Å². The number of pyridine rings is 1. The van der Waals surface area contributed by atoms with Gasteiger partial charge in [0.15, 0.2) is 0 Å². The van der Waals surface area contributed by atoms with E-state index in [1.165, 1.54) is 61.9 Å². The zero-order valence-corrected chi connectivity index (χ0v) is 12.6. The Kier molecular flexibility index (Phi) is 5.35. The number of rotatable bonds is 5. The monoisotopic (exact) mass is 327 g/mol. The Hall–Kier alpha value is -3.55. The molecular formula is C16H13N3O5. The van der Waals surface area contributed by atoms with Gasteiger partial charge in [0.25, 0.3) is 5.69 Å². The second-order valence-corrected chi connectivity index (χ2v) is 4.59. The highest BCUT2D eigenvalue weighted by Crippen LogP contribution is 2.13. The molecule has 24 heavy (non-hydrogen) atoms. The second-order valence-electron chi connectivity index (χ2n) is 4.59. The summed E-state index contributed by atoms with van der Waals surface area (Å²) >= 11 is 0. The molecule has 1 amide bonds. The van der Waals surface area contributed by atoms with E-state index in [0.717, 1.165) is 0 Å². The smallest absolute Gasteiger partial charge is 0.339 e. The fourth-order valence-corrected chi connectivity index (χ4v) is 1.75. The van der Waals surface area contributed by atoms with Gasteiger partial charge in [0.2, 0.25) is 5.91 Å². The number of methoxy groups -OCH3 is 1. The summed E-state index contributed by atoms with van der Waals surface area (Å²) in [5, 5.41) is 13.1. The molecule has 2 aromatic rings. The predicted molar refractivity (Wildman–Crippen MR) is 86.3 cm³/mol. The number of nitrogens with zero attached hydrogens (tertiary/aromatic N) is 2. The van der Waals surface area contributed by atoms with Crippen LogP contribution >= 0.6 is 0 Å². The summed E-state index contributed by atoms with van der Waals surface area (Å²) in [6, 6.07) is 8.73. The van der Waals surface area contributed by atoms with Gasteiger partial charge in [-0.1, -0.05) is 0 Å². The van der Waals surface area contributed by atoms with Crippen LogP contribution in [0.1, 0.15) is 15.9 Å². The number of amides is 1. The quantitative estimate of drug-likeness (QED) is 0.391.